The van der Waals surface area contributed by atoms with E-state index in [1.165, 1.54) is 0 Å². The number of hydrogen-bond donors (Lipinski definition) is 1. The number of carboxylic acid groups (broad SMARTS) is 1. The van der Waals surface area contributed by atoms with E-state index in [2.05, 4.69) is 4.98 Å². The van der Waals surface area contributed by atoms with Crippen molar-refractivity contribution in [1.82, 2.24) is 4.98 Å². The van der Waals surface area contributed by atoms with E-state index in [0.29, 0.717) is 57.1 Å². The van der Waals surface area contributed by atoms with Gasteiger partial charge in [0.15, 0.2) is 11.5 Å². The number of rotatable bonds is 8. The van der Waals surface area contributed by atoms with Crippen LogP contribution in [0.2, 0.25) is 10.0 Å². The average Bonchev–Trinajstić information content (AvgIpc) is 3.79. The summed E-state index contributed by atoms with van der Waals surface area (Å²) in [5.74, 6) is 0.200. The van der Waals surface area contributed by atoms with Crippen molar-refractivity contribution >= 4 is 35.0 Å². The lowest BCUT2D eigenvalue weighted by Gasteiger charge is -2.27. The Balaban J connectivity index is 1.21. The fourth-order valence-corrected chi connectivity index (χ4v) is 5.45. The Bertz CT molecular complexity index is 1600. The number of hydrogen-bond acceptors (Lipinski definition) is 5. The van der Waals surface area contributed by atoms with E-state index in [1.54, 1.807) is 30.3 Å². The van der Waals surface area contributed by atoms with E-state index in [9.17, 15) is 14.7 Å². The van der Waals surface area contributed by atoms with Crippen LogP contribution in [0.3, 0.4) is 0 Å². The van der Waals surface area contributed by atoms with E-state index in [-0.39, 0.29) is 18.1 Å². The molecule has 2 heterocycles. The topological polar surface area (TPSA) is 85.7 Å². The standard InChI is InChI=1S/C32H25Cl2NO5/c33-21-10-6-18(7-11-21)27-3-1-2-22(35-27)16-28(36)19-8-12-23(13-9-19)40-31-26(34)17-25-24(32(37)38)14-15-39-30(25)29(31)20-4-5-20/h1-3,6-13,17,20,24H,4-5,14-16H2,(H,37,38). The van der Waals surface area contributed by atoms with Crippen LogP contribution < -0.4 is 9.47 Å². The SMILES string of the molecule is O=C(Cc1cccc(-c2ccc(Cl)cc2)n1)c1ccc(Oc2c(Cl)cc3c(c2C2CC2)OCCC3C(=O)O)cc1. The second-order valence-corrected chi connectivity index (χ2v) is 10.9. The Morgan fingerprint density at radius 3 is 2.42 bits per heavy atom. The molecule has 1 N–H and O–H groups in total. The maximum atomic E-state index is 13.0. The van der Waals surface area contributed by atoms with Crippen LogP contribution in [0.5, 0.6) is 17.2 Å². The largest absolute Gasteiger partial charge is 0.493 e. The van der Waals surface area contributed by atoms with Gasteiger partial charge in [0.05, 0.1) is 29.7 Å². The number of ketones is 1. The summed E-state index contributed by atoms with van der Waals surface area (Å²) < 4.78 is 12.2. The third-order valence-electron chi connectivity index (χ3n) is 7.25. The molecule has 202 valence electrons. The summed E-state index contributed by atoms with van der Waals surface area (Å²) in [5, 5.41) is 10.7. The highest BCUT2D eigenvalue weighted by Crippen LogP contribution is 2.55. The van der Waals surface area contributed by atoms with Gasteiger partial charge in [-0.05, 0) is 79.8 Å². The summed E-state index contributed by atoms with van der Waals surface area (Å²) >= 11 is 12.6. The first-order valence-corrected chi connectivity index (χ1v) is 13.9. The first-order valence-electron chi connectivity index (χ1n) is 13.1. The summed E-state index contributed by atoms with van der Waals surface area (Å²) in [6, 6.07) is 21.6. The van der Waals surface area contributed by atoms with Crippen LogP contribution >= 0.6 is 23.2 Å². The zero-order valence-corrected chi connectivity index (χ0v) is 22.9. The van der Waals surface area contributed by atoms with Gasteiger partial charge in [-0.1, -0.05) is 41.4 Å². The second kappa shape index (κ2) is 11.0. The smallest absolute Gasteiger partial charge is 0.311 e. The number of nitrogens with zero attached hydrogens (tertiary/aromatic N) is 1. The molecule has 1 unspecified atom stereocenters. The summed E-state index contributed by atoms with van der Waals surface area (Å²) in [6.45, 7) is 0.332. The predicted molar refractivity (Wildman–Crippen MR) is 153 cm³/mol. The van der Waals surface area contributed by atoms with Crippen molar-refractivity contribution < 1.29 is 24.2 Å². The fraction of sp³-hybridized carbons (Fsp3) is 0.219. The monoisotopic (exact) mass is 573 g/mol. The summed E-state index contributed by atoms with van der Waals surface area (Å²) in [4.78, 5) is 29.5. The van der Waals surface area contributed by atoms with Crippen LogP contribution in [0, 0.1) is 0 Å². The van der Waals surface area contributed by atoms with Gasteiger partial charge in [-0.15, -0.1) is 0 Å². The van der Waals surface area contributed by atoms with E-state index < -0.39 is 11.9 Å². The zero-order chi connectivity index (χ0) is 27.8. The van der Waals surface area contributed by atoms with Crippen LogP contribution in [0.4, 0.5) is 0 Å². The molecule has 4 aromatic rings. The molecule has 1 aliphatic heterocycles. The summed E-state index contributed by atoms with van der Waals surface area (Å²) in [5.41, 5.74) is 4.35. The Labute approximate surface area is 241 Å². The molecule has 1 fully saturated rings. The molecule has 0 saturated heterocycles. The number of aliphatic carboxylic acids is 1. The number of benzene rings is 3. The molecule has 0 radical (unpaired) electrons. The summed E-state index contributed by atoms with van der Waals surface area (Å²) in [7, 11) is 0. The number of carbonyl (C=O) groups is 2. The molecule has 0 spiro atoms. The van der Waals surface area contributed by atoms with E-state index >= 15 is 0 Å². The molecule has 8 heteroatoms. The minimum absolute atomic E-state index is 0.0640. The van der Waals surface area contributed by atoms with Gasteiger partial charge in [-0.3, -0.25) is 14.6 Å². The van der Waals surface area contributed by atoms with Gasteiger partial charge >= 0.3 is 5.97 Å². The lowest BCUT2D eigenvalue weighted by molar-refractivity contribution is -0.139. The lowest BCUT2D eigenvalue weighted by atomic mass is 9.90. The Hall–Kier alpha value is -3.87. The normalized spacial score (nSPS) is 16.1. The van der Waals surface area contributed by atoms with Crippen molar-refractivity contribution in [1.29, 1.82) is 0 Å². The number of carbonyl (C=O) groups excluding carboxylic acids is 1. The third-order valence-corrected chi connectivity index (χ3v) is 7.78. The Kier molecular flexibility index (Phi) is 7.22. The van der Waals surface area contributed by atoms with Crippen LogP contribution in [-0.2, 0) is 11.2 Å². The van der Waals surface area contributed by atoms with Gasteiger partial charge in [0, 0.05) is 33.0 Å². The highest BCUT2D eigenvalue weighted by molar-refractivity contribution is 6.32. The van der Waals surface area contributed by atoms with Gasteiger partial charge in [-0.2, -0.15) is 0 Å². The zero-order valence-electron chi connectivity index (χ0n) is 21.4. The number of halogens is 2. The highest BCUT2D eigenvalue weighted by Gasteiger charge is 2.38. The van der Waals surface area contributed by atoms with E-state index in [0.717, 1.165) is 29.7 Å². The molecule has 0 amide bonds. The number of carboxylic acids is 1. The van der Waals surface area contributed by atoms with Gasteiger partial charge in [0.2, 0.25) is 0 Å². The van der Waals surface area contributed by atoms with Crippen LogP contribution in [-0.4, -0.2) is 28.4 Å². The van der Waals surface area contributed by atoms with Crippen LogP contribution in [0.25, 0.3) is 11.3 Å². The van der Waals surface area contributed by atoms with Gasteiger partial charge < -0.3 is 14.6 Å². The Morgan fingerprint density at radius 2 is 1.73 bits per heavy atom. The maximum absolute atomic E-state index is 13.0. The molecule has 6 rings (SSSR count). The molecular formula is C32H25Cl2NO5. The predicted octanol–water partition coefficient (Wildman–Crippen LogP) is 8.10. The third kappa shape index (κ3) is 5.42. The molecule has 0 bridgehead atoms. The maximum Gasteiger partial charge on any atom is 0.311 e. The highest BCUT2D eigenvalue weighted by atomic mass is 35.5. The quantitative estimate of drug-likeness (QED) is 0.214. The number of ether oxygens (including phenoxy) is 2. The minimum Gasteiger partial charge on any atom is -0.493 e. The van der Waals surface area contributed by atoms with Crippen molar-refractivity contribution in [3.63, 3.8) is 0 Å². The second-order valence-electron chi connectivity index (χ2n) is 10.1. The molecule has 1 atom stereocenters. The molecule has 1 aliphatic carbocycles. The number of fused-ring (bicyclic) bond motifs is 1. The lowest BCUT2D eigenvalue weighted by Crippen LogP contribution is -2.22. The van der Waals surface area contributed by atoms with Crippen LogP contribution in [0.1, 0.15) is 58.3 Å². The van der Waals surface area contributed by atoms with Gasteiger partial charge in [0.1, 0.15) is 11.5 Å². The first-order chi connectivity index (χ1) is 19.4. The molecule has 1 aromatic heterocycles. The van der Waals surface area contributed by atoms with E-state index in [1.807, 2.05) is 42.5 Å². The molecule has 3 aromatic carbocycles. The molecule has 40 heavy (non-hydrogen) atoms. The summed E-state index contributed by atoms with van der Waals surface area (Å²) in [6.07, 6.45) is 2.49. The molecule has 2 aliphatic rings. The average molecular weight is 574 g/mol. The Morgan fingerprint density at radius 1 is 0.975 bits per heavy atom. The fourth-order valence-electron chi connectivity index (χ4n) is 5.06. The first kappa shape index (κ1) is 26.4. The van der Waals surface area contributed by atoms with Crippen molar-refractivity contribution in [3.8, 4) is 28.5 Å². The van der Waals surface area contributed by atoms with Crippen molar-refractivity contribution in [2.45, 2.75) is 37.5 Å². The number of Topliss-reactive ketones (excluding diaryl/α,β-unsaturated/α-hetero) is 1. The number of pyridine rings is 1. The van der Waals surface area contributed by atoms with Crippen molar-refractivity contribution in [2.75, 3.05) is 6.61 Å². The van der Waals surface area contributed by atoms with Crippen LogP contribution in [0.15, 0.2) is 72.8 Å². The van der Waals surface area contributed by atoms with E-state index in [4.69, 9.17) is 32.7 Å². The minimum atomic E-state index is -0.886. The molecule has 6 nitrogen and oxygen atoms in total. The number of aromatic nitrogens is 1. The van der Waals surface area contributed by atoms with Gasteiger partial charge in [0.25, 0.3) is 0 Å². The van der Waals surface area contributed by atoms with Gasteiger partial charge in [-0.25, -0.2) is 0 Å². The van der Waals surface area contributed by atoms with Crippen molar-refractivity contribution in [3.05, 3.63) is 105 Å². The van der Waals surface area contributed by atoms with Crippen molar-refractivity contribution in [2.24, 2.45) is 0 Å². The molecule has 1 saturated carbocycles. The molecular weight excluding hydrogens is 549 g/mol.